The summed E-state index contributed by atoms with van der Waals surface area (Å²) < 4.78 is 5.42. The summed E-state index contributed by atoms with van der Waals surface area (Å²) in [4.78, 5) is 9.44. The Morgan fingerprint density at radius 1 is 1.56 bits per heavy atom. The minimum atomic E-state index is -2.18. The van der Waals surface area contributed by atoms with Gasteiger partial charge in [0.05, 0.1) is 0 Å². The third-order valence-corrected chi connectivity index (χ3v) is 6.37. The first kappa shape index (κ1) is 9.35. The molecule has 1 atom stereocenters. The molecule has 9 heavy (non-hydrogen) atoms. The maximum Gasteiger partial charge on any atom is 0.321 e. The summed E-state index contributed by atoms with van der Waals surface area (Å²) in [7, 11) is -3.18. The van der Waals surface area contributed by atoms with Gasteiger partial charge in [0.15, 0.2) is 9.04 Å². The second-order valence-corrected chi connectivity index (χ2v) is 8.79. The molecule has 0 aromatic carbocycles. The van der Waals surface area contributed by atoms with Crippen molar-refractivity contribution < 1.29 is 8.91 Å². The minimum absolute atomic E-state index is 0.804. The Morgan fingerprint density at radius 2 is 2.00 bits per heavy atom. The zero-order chi connectivity index (χ0) is 7.49. The monoisotopic (exact) mass is 164 g/mol. The number of rotatable bonds is 3. The summed E-state index contributed by atoms with van der Waals surface area (Å²) in [6.07, 6.45) is 0. The summed E-state index contributed by atoms with van der Waals surface area (Å²) in [6.45, 7) is 7.98. The van der Waals surface area contributed by atoms with Crippen molar-refractivity contribution in [3.05, 3.63) is 0 Å². The molecule has 0 bridgehead atoms. The van der Waals surface area contributed by atoms with Crippen LogP contribution in [0.5, 0.6) is 0 Å². The van der Waals surface area contributed by atoms with E-state index in [1.807, 2.05) is 13.5 Å². The predicted molar refractivity (Wildman–Crippen MR) is 44.3 cm³/mol. The molecule has 1 unspecified atom stereocenters. The predicted octanol–water partition coefficient (Wildman–Crippen LogP) is 1.07. The van der Waals surface area contributed by atoms with Gasteiger partial charge in [0.1, 0.15) is 0 Å². The first-order valence-corrected chi connectivity index (χ1v) is 8.72. The highest BCUT2D eigenvalue weighted by Crippen LogP contribution is 2.06. The average Bonchev–Trinajstić information content (AvgIpc) is 1.63. The van der Waals surface area contributed by atoms with Crippen LogP contribution in [0.3, 0.4) is 0 Å². The van der Waals surface area contributed by atoms with Gasteiger partial charge in [-0.2, -0.15) is 0 Å². The highest BCUT2D eigenvalue weighted by atomic mass is 28.4. The van der Waals surface area contributed by atoms with Crippen LogP contribution in [0.4, 0.5) is 0 Å². The molecule has 0 amide bonds. The fourth-order valence-corrected chi connectivity index (χ4v) is 5.32. The zero-order valence-electron chi connectivity index (χ0n) is 6.64. The Kier molecular flexibility index (Phi) is 3.64. The van der Waals surface area contributed by atoms with E-state index in [9.17, 15) is 4.80 Å². The van der Waals surface area contributed by atoms with Crippen molar-refractivity contribution in [3.63, 3.8) is 0 Å². The molecule has 0 spiro atoms. The van der Waals surface area contributed by atoms with E-state index in [1.54, 1.807) is 0 Å². The molecule has 0 aromatic rings. The van der Waals surface area contributed by atoms with Crippen LogP contribution in [0.2, 0.25) is 25.7 Å². The van der Waals surface area contributed by atoms with Gasteiger partial charge in [-0.15, -0.1) is 0 Å². The van der Waals surface area contributed by atoms with Crippen LogP contribution in [0, 0.1) is 0 Å². The molecule has 0 aromatic heterocycles. The van der Waals surface area contributed by atoms with Crippen LogP contribution in [0.1, 0.15) is 6.92 Å². The molecule has 0 saturated carbocycles. The molecule has 0 aliphatic carbocycles. The van der Waals surface area contributed by atoms with E-state index in [4.69, 9.17) is 4.12 Å². The first-order chi connectivity index (χ1) is 3.98. The molecule has 1 N–H and O–H groups in total. The summed E-state index contributed by atoms with van der Waals surface area (Å²) in [6, 6.07) is 0.804. The lowest BCUT2D eigenvalue weighted by molar-refractivity contribution is 0.388. The lowest BCUT2D eigenvalue weighted by atomic mass is 11.0. The van der Waals surface area contributed by atoms with Gasteiger partial charge in [0.25, 0.3) is 0 Å². The Bertz CT molecular complexity index is 83.0. The second kappa shape index (κ2) is 3.50. The maximum absolute atomic E-state index is 9.44. The molecular formula is C5H16O2Si2. The largest absolute Gasteiger partial charge is 0.439 e. The van der Waals surface area contributed by atoms with Gasteiger partial charge in [-0.25, -0.2) is 0 Å². The van der Waals surface area contributed by atoms with Crippen LogP contribution in [-0.4, -0.2) is 22.4 Å². The van der Waals surface area contributed by atoms with Crippen molar-refractivity contribution in [1.29, 1.82) is 0 Å². The van der Waals surface area contributed by atoms with Crippen LogP contribution in [-0.2, 0) is 4.12 Å². The standard InChI is InChI=1S/C5H16O2Si2/c1-5-9(4,6)7-8(2)3/h6,8H,5H2,1-4H3. The summed E-state index contributed by atoms with van der Waals surface area (Å²) in [5, 5.41) is 0. The van der Waals surface area contributed by atoms with Crippen molar-refractivity contribution in [1.82, 2.24) is 0 Å². The lowest BCUT2D eigenvalue weighted by Gasteiger charge is -2.20. The Labute approximate surface area is 59.8 Å². The van der Waals surface area contributed by atoms with Crippen molar-refractivity contribution in [2.45, 2.75) is 32.6 Å². The van der Waals surface area contributed by atoms with Gasteiger partial charge in [0, 0.05) is 0 Å². The first-order valence-electron chi connectivity index (χ1n) is 3.38. The Balaban J connectivity index is 3.58. The van der Waals surface area contributed by atoms with Crippen LogP contribution < -0.4 is 0 Å². The molecule has 0 aliphatic rings. The lowest BCUT2D eigenvalue weighted by Crippen LogP contribution is -2.37. The van der Waals surface area contributed by atoms with E-state index >= 15 is 0 Å². The van der Waals surface area contributed by atoms with Gasteiger partial charge in [-0.05, 0) is 25.7 Å². The fraction of sp³-hybridized carbons (Fsp3) is 1.00. The Morgan fingerprint density at radius 3 is 2.11 bits per heavy atom. The van der Waals surface area contributed by atoms with E-state index in [-0.39, 0.29) is 0 Å². The highest BCUT2D eigenvalue weighted by Gasteiger charge is 2.24. The van der Waals surface area contributed by atoms with E-state index in [2.05, 4.69) is 13.1 Å². The third kappa shape index (κ3) is 4.83. The van der Waals surface area contributed by atoms with E-state index in [0.717, 1.165) is 6.04 Å². The van der Waals surface area contributed by atoms with Crippen LogP contribution >= 0.6 is 0 Å². The average molecular weight is 164 g/mol. The molecule has 0 heterocycles. The van der Waals surface area contributed by atoms with Gasteiger partial charge < -0.3 is 8.91 Å². The van der Waals surface area contributed by atoms with Crippen LogP contribution in [0.15, 0.2) is 0 Å². The number of hydrogen-bond acceptors (Lipinski definition) is 2. The smallest absolute Gasteiger partial charge is 0.321 e. The fourth-order valence-electron chi connectivity index (χ4n) is 0.591. The molecule has 0 fully saturated rings. The maximum atomic E-state index is 9.44. The third-order valence-electron chi connectivity index (χ3n) is 1.15. The van der Waals surface area contributed by atoms with Crippen molar-refractivity contribution >= 4 is 17.6 Å². The van der Waals surface area contributed by atoms with Gasteiger partial charge in [-0.3, -0.25) is 0 Å². The second-order valence-electron chi connectivity index (χ2n) is 2.70. The molecule has 0 rings (SSSR count). The molecular weight excluding hydrogens is 148 g/mol. The van der Waals surface area contributed by atoms with Gasteiger partial charge in [-0.1, -0.05) is 6.92 Å². The molecule has 0 saturated heterocycles. The SMILES string of the molecule is CC[Si](C)(O)O[SiH](C)C. The van der Waals surface area contributed by atoms with E-state index in [1.165, 1.54) is 0 Å². The van der Waals surface area contributed by atoms with E-state index in [0.29, 0.717) is 0 Å². The topological polar surface area (TPSA) is 29.5 Å². The molecule has 0 radical (unpaired) electrons. The molecule has 2 nitrogen and oxygen atoms in total. The zero-order valence-corrected chi connectivity index (χ0v) is 8.79. The summed E-state index contributed by atoms with van der Waals surface area (Å²) in [5.41, 5.74) is 0. The normalized spacial score (nSPS) is 18.0. The molecule has 4 heteroatoms. The minimum Gasteiger partial charge on any atom is -0.439 e. The summed E-state index contributed by atoms with van der Waals surface area (Å²) in [5.74, 6) is 0. The highest BCUT2D eigenvalue weighted by molar-refractivity contribution is 6.72. The van der Waals surface area contributed by atoms with Crippen LogP contribution in [0.25, 0.3) is 0 Å². The van der Waals surface area contributed by atoms with Crippen molar-refractivity contribution in [2.24, 2.45) is 0 Å². The van der Waals surface area contributed by atoms with Crippen molar-refractivity contribution in [2.75, 3.05) is 0 Å². The quantitative estimate of drug-likeness (QED) is 0.632. The van der Waals surface area contributed by atoms with Gasteiger partial charge in [0.2, 0.25) is 0 Å². The van der Waals surface area contributed by atoms with Crippen molar-refractivity contribution in [3.8, 4) is 0 Å². The molecule has 56 valence electrons. The van der Waals surface area contributed by atoms with E-state index < -0.39 is 17.6 Å². The Hall–Kier alpha value is 0.354. The van der Waals surface area contributed by atoms with Gasteiger partial charge >= 0.3 is 8.56 Å². The molecule has 0 aliphatic heterocycles. The number of hydrogen-bond donors (Lipinski definition) is 1. The summed E-state index contributed by atoms with van der Waals surface area (Å²) >= 11 is 0.